The van der Waals surface area contributed by atoms with Gasteiger partial charge in [0.2, 0.25) is 0 Å². The minimum absolute atomic E-state index is 0.219. The molecule has 0 amide bonds. The van der Waals surface area contributed by atoms with E-state index in [1.165, 1.54) is 38.7 Å². The first-order chi connectivity index (χ1) is 13.1. The number of nitrogens with zero attached hydrogens (tertiary/aromatic N) is 1. The van der Waals surface area contributed by atoms with Gasteiger partial charge in [-0.05, 0) is 47.7 Å². The number of fused-ring (bicyclic) bond motifs is 1. The van der Waals surface area contributed by atoms with Crippen LogP contribution in [0.3, 0.4) is 0 Å². The van der Waals surface area contributed by atoms with Crippen molar-refractivity contribution < 1.29 is 0 Å². The maximum Gasteiger partial charge on any atom is 0.0480 e. The Morgan fingerprint density at radius 2 is 1.41 bits per heavy atom. The van der Waals surface area contributed by atoms with Crippen LogP contribution in [0.2, 0.25) is 0 Å². The summed E-state index contributed by atoms with van der Waals surface area (Å²) < 4.78 is 2.23. The Balaban J connectivity index is 1.89. The monoisotopic (exact) mass is 351 g/mol. The molecule has 1 heterocycles. The summed E-state index contributed by atoms with van der Waals surface area (Å²) in [6, 6.07) is 25.9. The topological polar surface area (TPSA) is 4.93 Å². The van der Waals surface area contributed by atoms with Crippen LogP contribution in [0.25, 0.3) is 17.0 Å². The van der Waals surface area contributed by atoms with Gasteiger partial charge in [0, 0.05) is 30.1 Å². The van der Waals surface area contributed by atoms with Crippen LogP contribution in [-0.4, -0.2) is 4.57 Å². The van der Waals surface area contributed by atoms with Gasteiger partial charge in [-0.15, -0.1) is 0 Å². The van der Waals surface area contributed by atoms with Crippen molar-refractivity contribution in [2.75, 3.05) is 0 Å². The maximum absolute atomic E-state index is 2.35. The van der Waals surface area contributed by atoms with Crippen molar-refractivity contribution in [1.29, 1.82) is 0 Å². The van der Waals surface area contributed by atoms with Gasteiger partial charge in [0.1, 0.15) is 0 Å². The largest absolute Gasteiger partial charge is 0.350 e. The first-order valence-corrected chi connectivity index (χ1v) is 9.48. The lowest BCUT2D eigenvalue weighted by Crippen LogP contribution is -2.00. The van der Waals surface area contributed by atoms with Gasteiger partial charge < -0.3 is 4.57 Å². The first kappa shape index (κ1) is 17.4. The van der Waals surface area contributed by atoms with E-state index in [2.05, 4.69) is 117 Å². The van der Waals surface area contributed by atoms with Crippen molar-refractivity contribution in [2.45, 2.75) is 19.8 Å². The lowest BCUT2D eigenvalue weighted by molar-refractivity contribution is 0.938. The Bertz CT molecular complexity index is 1110. The van der Waals surface area contributed by atoms with E-state index in [0.717, 1.165) is 0 Å². The van der Waals surface area contributed by atoms with E-state index in [4.69, 9.17) is 0 Å². The summed E-state index contributed by atoms with van der Waals surface area (Å²) in [6.07, 6.45) is 6.91. The van der Waals surface area contributed by atoms with Crippen LogP contribution >= 0.6 is 0 Å². The molecule has 134 valence electrons. The van der Waals surface area contributed by atoms with Gasteiger partial charge in [-0.2, -0.15) is 0 Å². The second-order valence-electron chi connectivity index (χ2n) is 7.26. The molecule has 0 aliphatic rings. The molecule has 1 unspecified atom stereocenters. The third kappa shape index (κ3) is 3.33. The fourth-order valence-corrected chi connectivity index (χ4v) is 3.91. The zero-order valence-corrected chi connectivity index (χ0v) is 16.2. The zero-order chi connectivity index (χ0) is 18.8. The van der Waals surface area contributed by atoms with E-state index in [0.29, 0.717) is 0 Å². The standard InChI is InChI=1S/C26H25N/c1-19-10-4-6-12-21(19)16-17-23(22-13-7-5-11-20(22)2)25-18-27(3)26-15-9-8-14-24(25)26/h4-18,23H,1-3H3/b17-16+. The fraction of sp³-hybridized carbons (Fsp3) is 0.154. The molecule has 0 saturated carbocycles. The lowest BCUT2D eigenvalue weighted by atomic mass is 9.87. The van der Waals surface area contributed by atoms with Gasteiger partial charge in [0.15, 0.2) is 0 Å². The summed E-state index contributed by atoms with van der Waals surface area (Å²) in [5.74, 6) is 0.219. The predicted molar refractivity (Wildman–Crippen MR) is 116 cm³/mol. The number of rotatable bonds is 4. The number of hydrogen-bond acceptors (Lipinski definition) is 0. The number of hydrogen-bond donors (Lipinski definition) is 0. The van der Waals surface area contributed by atoms with Crippen molar-refractivity contribution in [1.82, 2.24) is 4.57 Å². The molecule has 1 heteroatoms. The summed E-state index contributed by atoms with van der Waals surface area (Å²) in [7, 11) is 2.13. The summed E-state index contributed by atoms with van der Waals surface area (Å²) in [5, 5.41) is 1.32. The summed E-state index contributed by atoms with van der Waals surface area (Å²) in [6.45, 7) is 4.37. The van der Waals surface area contributed by atoms with Crippen LogP contribution < -0.4 is 0 Å². The average molecular weight is 351 g/mol. The molecule has 0 fully saturated rings. The van der Waals surface area contributed by atoms with Crippen molar-refractivity contribution in [3.63, 3.8) is 0 Å². The molecular weight excluding hydrogens is 326 g/mol. The van der Waals surface area contributed by atoms with Gasteiger partial charge in [0.05, 0.1) is 0 Å². The minimum atomic E-state index is 0.219. The molecule has 0 aliphatic heterocycles. The molecule has 0 aliphatic carbocycles. The molecule has 0 spiro atoms. The highest BCUT2D eigenvalue weighted by Gasteiger charge is 2.18. The van der Waals surface area contributed by atoms with Gasteiger partial charge in [-0.25, -0.2) is 0 Å². The number of benzene rings is 3. The third-order valence-corrected chi connectivity index (χ3v) is 5.44. The normalized spacial score (nSPS) is 12.7. The minimum Gasteiger partial charge on any atom is -0.350 e. The molecule has 3 aromatic carbocycles. The smallest absolute Gasteiger partial charge is 0.0480 e. The molecular formula is C26H25N. The fourth-order valence-electron chi connectivity index (χ4n) is 3.91. The summed E-state index contributed by atoms with van der Waals surface area (Å²) in [4.78, 5) is 0. The Hall–Kier alpha value is -3.06. The highest BCUT2D eigenvalue weighted by molar-refractivity contribution is 5.85. The van der Waals surface area contributed by atoms with Crippen LogP contribution in [0.4, 0.5) is 0 Å². The van der Waals surface area contributed by atoms with E-state index in [-0.39, 0.29) is 5.92 Å². The van der Waals surface area contributed by atoms with Crippen LogP contribution in [0.15, 0.2) is 85.1 Å². The van der Waals surface area contributed by atoms with E-state index >= 15 is 0 Å². The van der Waals surface area contributed by atoms with Crippen LogP contribution in [0, 0.1) is 13.8 Å². The molecule has 27 heavy (non-hydrogen) atoms. The van der Waals surface area contributed by atoms with E-state index in [9.17, 15) is 0 Å². The second kappa shape index (κ2) is 7.28. The van der Waals surface area contributed by atoms with E-state index in [1.807, 2.05) is 0 Å². The van der Waals surface area contributed by atoms with Crippen LogP contribution in [0.1, 0.15) is 33.7 Å². The number of aromatic nitrogens is 1. The second-order valence-corrected chi connectivity index (χ2v) is 7.26. The predicted octanol–water partition coefficient (Wildman–Crippen LogP) is 6.64. The Morgan fingerprint density at radius 1 is 0.741 bits per heavy atom. The number of aryl methyl sites for hydroxylation is 3. The highest BCUT2D eigenvalue weighted by atomic mass is 14.9. The van der Waals surface area contributed by atoms with Crippen molar-refractivity contribution in [3.05, 3.63) is 113 Å². The van der Waals surface area contributed by atoms with Crippen molar-refractivity contribution >= 4 is 17.0 Å². The molecule has 1 atom stereocenters. The molecule has 0 N–H and O–H groups in total. The molecule has 0 saturated heterocycles. The van der Waals surface area contributed by atoms with Crippen LogP contribution in [-0.2, 0) is 7.05 Å². The number of para-hydroxylation sites is 1. The van der Waals surface area contributed by atoms with Gasteiger partial charge in [-0.3, -0.25) is 0 Å². The highest BCUT2D eigenvalue weighted by Crippen LogP contribution is 2.35. The zero-order valence-electron chi connectivity index (χ0n) is 16.2. The van der Waals surface area contributed by atoms with Gasteiger partial charge in [-0.1, -0.05) is 78.9 Å². The molecule has 4 aromatic rings. The molecule has 1 aromatic heterocycles. The van der Waals surface area contributed by atoms with Crippen LogP contribution in [0.5, 0.6) is 0 Å². The Morgan fingerprint density at radius 3 is 2.19 bits per heavy atom. The SMILES string of the molecule is Cc1ccccc1/C=C/C(c1ccccc1C)c1cn(C)c2ccccc12. The van der Waals surface area contributed by atoms with Crippen molar-refractivity contribution in [2.24, 2.45) is 7.05 Å². The summed E-state index contributed by atoms with van der Waals surface area (Å²) >= 11 is 0. The number of allylic oxidation sites excluding steroid dienone is 1. The van der Waals surface area contributed by atoms with Gasteiger partial charge >= 0.3 is 0 Å². The Labute approximate surface area is 161 Å². The molecule has 1 nitrogen and oxygen atoms in total. The molecule has 0 radical (unpaired) electrons. The quantitative estimate of drug-likeness (QED) is 0.388. The first-order valence-electron chi connectivity index (χ1n) is 9.48. The van der Waals surface area contributed by atoms with Gasteiger partial charge in [0.25, 0.3) is 0 Å². The van der Waals surface area contributed by atoms with Crippen molar-refractivity contribution in [3.8, 4) is 0 Å². The molecule has 4 rings (SSSR count). The average Bonchev–Trinajstić information content (AvgIpc) is 3.02. The van der Waals surface area contributed by atoms with E-state index < -0.39 is 0 Å². The third-order valence-electron chi connectivity index (χ3n) is 5.44. The lowest BCUT2D eigenvalue weighted by Gasteiger charge is -2.16. The van der Waals surface area contributed by atoms with E-state index in [1.54, 1.807) is 0 Å². The summed E-state index contributed by atoms with van der Waals surface area (Å²) in [5.41, 5.74) is 7.89. The maximum atomic E-state index is 2.35. The Kier molecular flexibility index (Phi) is 4.68. The molecule has 0 bridgehead atoms.